The number of benzene rings is 1. The number of hydrogen-bond donors (Lipinski definition) is 1. The minimum atomic E-state index is 0.651. The lowest BCUT2D eigenvalue weighted by atomic mass is 10.1. The molecule has 3 aromatic rings. The van der Waals surface area contributed by atoms with E-state index < -0.39 is 0 Å². The summed E-state index contributed by atoms with van der Waals surface area (Å²) in [5.41, 5.74) is 1.87. The minimum absolute atomic E-state index is 0.651. The van der Waals surface area contributed by atoms with Gasteiger partial charge in [0.25, 0.3) is 0 Å². The number of oxazole rings is 1. The summed E-state index contributed by atoms with van der Waals surface area (Å²) >= 11 is 5.47. The fraction of sp³-hybridized carbons (Fsp3) is 0.312. The summed E-state index contributed by atoms with van der Waals surface area (Å²) in [4.78, 5) is 11.8. The summed E-state index contributed by atoms with van der Waals surface area (Å²) < 4.78 is 6.04. The van der Waals surface area contributed by atoms with E-state index in [4.69, 9.17) is 16.6 Å². The van der Waals surface area contributed by atoms with Crippen molar-refractivity contribution < 1.29 is 4.42 Å². The van der Waals surface area contributed by atoms with E-state index in [0.29, 0.717) is 5.92 Å². The van der Waals surface area contributed by atoms with Crippen LogP contribution < -0.4 is 0 Å². The van der Waals surface area contributed by atoms with E-state index in [1.807, 2.05) is 18.2 Å². The van der Waals surface area contributed by atoms with Gasteiger partial charge in [0, 0.05) is 17.4 Å². The molecule has 0 fully saturated rings. The highest BCUT2D eigenvalue weighted by Gasteiger charge is 2.07. The third kappa shape index (κ3) is 3.03. The molecule has 0 aliphatic heterocycles. The van der Waals surface area contributed by atoms with Crippen LogP contribution in [0.5, 0.6) is 0 Å². The first kappa shape index (κ1) is 13.9. The highest BCUT2D eigenvalue weighted by atomic mass is 32.1. The number of fused-ring (bicyclic) bond motifs is 1. The van der Waals surface area contributed by atoms with Crippen molar-refractivity contribution >= 4 is 23.1 Å². The lowest BCUT2D eigenvalue weighted by Crippen LogP contribution is -1.99. The van der Waals surface area contributed by atoms with Gasteiger partial charge in [0.2, 0.25) is 0 Å². The Labute approximate surface area is 128 Å². The molecule has 0 amide bonds. The predicted octanol–water partition coefficient (Wildman–Crippen LogP) is 4.54. The van der Waals surface area contributed by atoms with Crippen LogP contribution in [0.3, 0.4) is 0 Å². The molecule has 0 saturated heterocycles. The molecule has 0 bridgehead atoms. The van der Waals surface area contributed by atoms with E-state index in [1.165, 1.54) is 6.39 Å². The largest absolute Gasteiger partial charge is 0.444 e. The molecule has 21 heavy (non-hydrogen) atoms. The van der Waals surface area contributed by atoms with Gasteiger partial charge in [0.05, 0.1) is 11.7 Å². The van der Waals surface area contributed by atoms with Gasteiger partial charge < -0.3 is 9.40 Å². The smallest absolute Gasteiger partial charge is 0.181 e. The Kier molecular flexibility index (Phi) is 3.84. The van der Waals surface area contributed by atoms with Crippen molar-refractivity contribution in [3.8, 4) is 11.3 Å². The average molecular weight is 299 g/mol. The number of aromatic nitrogens is 3. The molecule has 2 aromatic heterocycles. The molecule has 0 saturated carbocycles. The number of rotatable bonds is 4. The second kappa shape index (κ2) is 5.77. The molecule has 3 rings (SSSR count). The molecule has 108 valence electrons. The summed E-state index contributed by atoms with van der Waals surface area (Å²) in [5, 5.41) is 0.937. The van der Waals surface area contributed by atoms with Crippen molar-refractivity contribution in [2.45, 2.75) is 26.7 Å². The van der Waals surface area contributed by atoms with Gasteiger partial charge in [0.15, 0.2) is 12.2 Å². The Morgan fingerprint density at radius 2 is 2.19 bits per heavy atom. The van der Waals surface area contributed by atoms with Crippen molar-refractivity contribution in [1.29, 1.82) is 0 Å². The van der Waals surface area contributed by atoms with Gasteiger partial charge in [-0.2, -0.15) is 0 Å². The monoisotopic (exact) mass is 299 g/mol. The van der Waals surface area contributed by atoms with Gasteiger partial charge in [-0.15, -0.1) is 0 Å². The lowest BCUT2D eigenvalue weighted by molar-refractivity contribution is 0.572. The lowest BCUT2D eigenvalue weighted by Gasteiger charge is -2.07. The summed E-state index contributed by atoms with van der Waals surface area (Å²) in [6.45, 7) is 4.42. The molecular weight excluding hydrogens is 282 g/mol. The van der Waals surface area contributed by atoms with Crippen molar-refractivity contribution in [2.24, 2.45) is 5.92 Å². The van der Waals surface area contributed by atoms with Crippen LogP contribution in [0.4, 0.5) is 0 Å². The Bertz CT molecular complexity index is 806. The van der Waals surface area contributed by atoms with Crippen LogP contribution in [0.2, 0.25) is 0 Å². The van der Waals surface area contributed by atoms with E-state index in [0.717, 1.165) is 45.5 Å². The molecule has 0 aliphatic rings. The second-order valence-electron chi connectivity index (χ2n) is 5.54. The van der Waals surface area contributed by atoms with Crippen molar-refractivity contribution in [1.82, 2.24) is 15.0 Å². The average Bonchev–Trinajstić information content (AvgIpc) is 2.99. The maximum absolute atomic E-state index is 5.47. The van der Waals surface area contributed by atoms with E-state index in [1.54, 1.807) is 6.20 Å². The summed E-state index contributed by atoms with van der Waals surface area (Å²) in [6, 6.07) is 5.96. The minimum Gasteiger partial charge on any atom is -0.444 e. The second-order valence-corrected chi connectivity index (χ2v) is 5.95. The standard InChI is InChI=1S/C16H17N3OS/c1-10(2)3-6-15-18-13-5-4-11(14-8-17-9-20-14)7-12(13)16(21)19-15/h4-5,7-10H,3,6H2,1-2H3,(H,18,19,21). The van der Waals surface area contributed by atoms with Crippen LogP contribution in [-0.2, 0) is 6.42 Å². The predicted molar refractivity (Wildman–Crippen MR) is 85.6 cm³/mol. The van der Waals surface area contributed by atoms with Crippen molar-refractivity contribution in [3.63, 3.8) is 0 Å². The third-order valence-electron chi connectivity index (χ3n) is 3.43. The van der Waals surface area contributed by atoms with E-state index in [9.17, 15) is 0 Å². The first-order valence-corrected chi connectivity index (χ1v) is 7.46. The Balaban J connectivity index is 2.01. The van der Waals surface area contributed by atoms with Gasteiger partial charge in [-0.05, 0) is 30.5 Å². The van der Waals surface area contributed by atoms with Gasteiger partial charge in [-0.1, -0.05) is 26.1 Å². The number of nitrogens with one attached hydrogen (secondary N) is 1. The molecule has 0 unspecified atom stereocenters. The maximum Gasteiger partial charge on any atom is 0.181 e. The topological polar surface area (TPSA) is 54.7 Å². The van der Waals surface area contributed by atoms with E-state index >= 15 is 0 Å². The van der Waals surface area contributed by atoms with Gasteiger partial charge in [-0.25, -0.2) is 9.97 Å². The SMILES string of the molecule is CC(C)CCc1nc2ccc(-c3cnco3)cc2c(=S)[nH]1. The zero-order valence-electron chi connectivity index (χ0n) is 12.1. The van der Waals surface area contributed by atoms with Crippen molar-refractivity contribution in [2.75, 3.05) is 0 Å². The number of nitrogens with zero attached hydrogens (tertiary/aromatic N) is 2. The van der Waals surface area contributed by atoms with Crippen LogP contribution in [0.25, 0.3) is 22.2 Å². The first-order chi connectivity index (χ1) is 10.1. The molecule has 4 nitrogen and oxygen atoms in total. The first-order valence-electron chi connectivity index (χ1n) is 7.05. The quantitative estimate of drug-likeness (QED) is 0.719. The third-order valence-corrected chi connectivity index (χ3v) is 3.75. The summed E-state index contributed by atoms with van der Waals surface area (Å²) in [6.07, 6.45) is 5.13. The van der Waals surface area contributed by atoms with Crippen LogP contribution in [-0.4, -0.2) is 15.0 Å². The number of hydrogen-bond acceptors (Lipinski definition) is 4. The number of H-pyrrole nitrogens is 1. The fourth-order valence-electron chi connectivity index (χ4n) is 2.24. The highest BCUT2D eigenvalue weighted by Crippen LogP contribution is 2.24. The zero-order valence-corrected chi connectivity index (χ0v) is 12.9. The maximum atomic E-state index is 5.47. The van der Waals surface area contributed by atoms with E-state index in [2.05, 4.69) is 28.8 Å². The summed E-state index contributed by atoms with van der Waals surface area (Å²) in [7, 11) is 0. The molecule has 1 aromatic carbocycles. The fourth-order valence-corrected chi connectivity index (χ4v) is 2.52. The van der Waals surface area contributed by atoms with Gasteiger partial charge >= 0.3 is 0 Å². The molecule has 5 heteroatoms. The van der Waals surface area contributed by atoms with Crippen LogP contribution >= 0.6 is 12.2 Å². The number of aromatic amines is 1. The molecule has 1 N–H and O–H groups in total. The molecule has 0 aliphatic carbocycles. The zero-order chi connectivity index (χ0) is 14.8. The molecule has 0 radical (unpaired) electrons. The van der Waals surface area contributed by atoms with Crippen molar-refractivity contribution in [3.05, 3.63) is 41.3 Å². The Hall–Kier alpha value is -2.01. The van der Waals surface area contributed by atoms with Gasteiger partial charge in [0.1, 0.15) is 10.5 Å². The number of aryl methyl sites for hydroxylation is 1. The Morgan fingerprint density at radius 1 is 1.33 bits per heavy atom. The van der Waals surface area contributed by atoms with Crippen LogP contribution in [0, 0.1) is 10.6 Å². The van der Waals surface area contributed by atoms with Crippen LogP contribution in [0.15, 0.2) is 35.2 Å². The van der Waals surface area contributed by atoms with Crippen LogP contribution in [0.1, 0.15) is 26.1 Å². The Morgan fingerprint density at radius 3 is 2.90 bits per heavy atom. The highest BCUT2D eigenvalue weighted by molar-refractivity contribution is 7.71. The van der Waals surface area contributed by atoms with Gasteiger partial charge in [-0.3, -0.25) is 0 Å². The molecule has 2 heterocycles. The van der Waals surface area contributed by atoms with E-state index in [-0.39, 0.29) is 0 Å². The molecule has 0 spiro atoms. The normalized spacial score (nSPS) is 11.4. The molecular formula is C16H17N3OS. The summed E-state index contributed by atoms with van der Waals surface area (Å²) in [5.74, 6) is 2.34. The molecule has 0 atom stereocenters.